The second-order valence-corrected chi connectivity index (χ2v) is 6.25. The van der Waals surface area contributed by atoms with Crippen LogP contribution in [-0.2, 0) is 21.4 Å². The number of sulfonamides is 1. The molecule has 0 saturated heterocycles. The number of hydrogen-bond donors (Lipinski definition) is 2. The number of hydrogen-bond acceptors (Lipinski definition) is 4. The molecular weight excluding hydrogens is 285 g/mol. The quantitative estimate of drug-likeness (QED) is 0.803. The van der Waals surface area contributed by atoms with E-state index in [2.05, 4.69) is 4.72 Å². The molecule has 0 spiro atoms. The van der Waals surface area contributed by atoms with Gasteiger partial charge >= 0.3 is 0 Å². The summed E-state index contributed by atoms with van der Waals surface area (Å²) < 4.78 is 39.7. The van der Waals surface area contributed by atoms with Crippen molar-refractivity contribution in [3.8, 4) is 0 Å². The van der Waals surface area contributed by atoms with E-state index in [4.69, 9.17) is 5.73 Å². The molecule has 0 aliphatic carbocycles. The number of likely N-dealkylation sites (N-methyl/N-ethyl adjacent to an activating group) is 1. The fourth-order valence-corrected chi connectivity index (χ4v) is 2.86. The predicted molar refractivity (Wildman–Crippen MR) is 72.8 cm³/mol. The third-order valence-electron chi connectivity index (χ3n) is 2.69. The van der Waals surface area contributed by atoms with Gasteiger partial charge in [0.1, 0.15) is 5.82 Å². The van der Waals surface area contributed by atoms with Crippen LogP contribution in [0.15, 0.2) is 23.1 Å². The first kappa shape index (κ1) is 16.5. The maximum atomic E-state index is 13.3. The largest absolute Gasteiger partial charge is 0.347 e. The van der Waals surface area contributed by atoms with Gasteiger partial charge in [-0.1, -0.05) is 0 Å². The molecule has 1 atom stereocenters. The van der Waals surface area contributed by atoms with Crippen molar-refractivity contribution in [3.05, 3.63) is 29.6 Å². The molecule has 0 bridgehead atoms. The molecule has 0 aliphatic rings. The number of rotatable bonds is 5. The summed E-state index contributed by atoms with van der Waals surface area (Å²) in [6.07, 6.45) is 0. The van der Waals surface area contributed by atoms with Crippen molar-refractivity contribution >= 4 is 15.9 Å². The molecule has 0 fully saturated rings. The fourth-order valence-electron chi connectivity index (χ4n) is 1.61. The highest BCUT2D eigenvalue weighted by molar-refractivity contribution is 7.89. The first-order valence-electron chi connectivity index (χ1n) is 5.91. The molecule has 0 saturated carbocycles. The minimum atomic E-state index is -3.91. The summed E-state index contributed by atoms with van der Waals surface area (Å²) in [5.41, 5.74) is 5.43. The average Bonchev–Trinajstić information content (AvgIpc) is 2.37. The molecule has 0 heterocycles. The van der Waals surface area contributed by atoms with Gasteiger partial charge in [0.15, 0.2) is 0 Å². The van der Waals surface area contributed by atoms with Crippen LogP contribution in [0.5, 0.6) is 0 Å². The molecule has 112 valence electrons. The summed E-state index contributed by atoms with van der Waals surface area (Å²) in [6.45, 7) is 1.33. The molecule has 8 heteroatoms. The van der Waals surface area contributed by atoms with E-state index in [1.165, 1.54) is 25.9 Å². The van der Waals surface area contributed by atoms with E-state index in [0.717, 1.165) is 18.2 Å². The van der Waals surface area contributed by atoms with Crippen molar-refractivity contribution in [3.63, 3.8) is 0 Å². The summed E-state index contributed by atoms with van der Waals surface area (Å²) in [5, 5.41) is 0. The summed E-state index contributed by atoms with van der Waals surface area (Å²) in [5.74, 6) is -0.946. The van der Waals surface area contributed by atoms with E-state index >= 15 is 0 Å². The molecule has 20 heavy (non-hydrogen) atoms. The molecular formula is C12H18FN3O3S. The van der Waals surface area contributed by atoms with E-state index in [1.807, 2.05) is 0 Å². The molecule has 0 aromatic heterocycles. The van der Waals surface area contributed by atoms with Crippen molar-refractivity contribution in [2.24, 2.45) is 5.73 Å². The summed E-state index contributed by atoms with van der Waals surface area (Å²) in [6, 6.07) is 2.41. The summed E-state index contributed by atoms with van der Waals surface area (Å²) >= 11 is 0. The third-order valence-corrected chi connectivity index (χ3v) is 4.23. The molecule has 0 aliphatic heterocycles. The Morgan fingerprint density at radius 2 is 2.05 bits per heavy atom. The van der Waals surface area contributed by atoms with Gasteiger partial charge in [-0.3, -0.25) is 4.79 Å². The molecule has 3 N–H and O–H groups in total. The Bertz CT molecular complexity index is 602. The van der Waals surface area contributed by atoms with Crippen LogP contribution in [0.25, 0.3) is 0 Å². The normalized spacial score (nSPS) is 13.1. The zero-order valence-corrected chi connectivity index (χ0v) is 12.4. The van der Waals surface area contributed by atoms with Crippen molar-refractivity contribution in [2.75, 3.05) is 14.1 Å². The van der Waals surface area contributed by atoms with Gasteiger partial charge in [-0.25, -0.2) is 12.8 Å². The van der Waals surface area contributed by atoms with E-state index in [0.29, 0.717) is 0 Å². The molecule has 1 aromatic rings. The Kier molecular flexibility index (Phi) is 5.21. The minimum Gasteiger partial charge on any atom is -0.347 e. The second kappa shape index (κ2) is 6.29. The van der Waals surface area contributed by atoms with Crippen LogP contribution < -0.4 is 10.5 Å². The van der Waals surface area contributed by atoms with Gasteiger partial charge < -0.3 is 10.6 Å². The number of nitrogens with one attached hydrogen (secondary N) is 1. The first-order valence-corrected chi connectivity index (χ1v) is 7.39. The van der Waals surface area contributed by atoms with Crippen LogP contribution in [0.1, 0.15) is 12.5 Å². The van der Waals surface area contributed by atoms with Gasteiger partial charge in [0.25, 0.3) is 0 Å². The van der Waals surface area contributed by atoms with Crippen molar-refractivity contribution < 1.29 is 17.6 Å². The maximum absolute atomic E-state index is 13.3. The number of nitrogens with two attached hydrogens (primary N) is 1. The zero-order valence-electron chi connectivity index (χ0n) is 11.6. The van der Waals surface area contributed by atoms with Gasteiger partial charge in [-0.05, 0) is 25.1 Å². The van der Waals surface area contributed by atoms with Crippen LogP contribution in [-0.4, -0.2) is 39.4 Å². The van der Waals surface area contributed by atoms with Crippen LogP contribution in [0, 0.1) is 5.82 Å². The molecule has 1 rings (SSSR count). The number of carbonyl (C=O) groups excluding carboxylic acids is 1. The smallest absolute Gasteiger partial charge is 0.241 e. The lowest BCUT2D eigenvalue weighted by atomic mass is 10.2. The number of amides is 1. The van der Waals surface area contributed by atoms with Crippen LogP contribution in [0.2, 0.25) is 0 Å². The minimum absolute atomic E-state index is 0.0967. The Labute approximate surface area is 117 Å². The SMILES string of the molecule is CC(NS(=O)(=O)c1ccc(F)c(CN)c1)C(=O)N(C)C. The van der Waals surface area contributed by atoms with Gasteiger partial charge in [0.05, 0.1) is 10.9 Å². The van der Waals surface area contributed by atoms with Crippen molar-refractivity contribution in [1.82, 2.24) is 9.62 Å². The van der Waals surface area contributed by atoms with Crippen LogP contribution in [0.3, 0.4) is 0 Å². The fraction of sp³-hybridized carbons (Fsp3) is 0.417. The van der Waals surface area contributed by atoms with Crippen molar-refractivity contribution in [1.29, 1.82) is 0 Å². The second-order valence-electron chi connectivity index (χ2n) is 4.53. The number of halogens is 1. The molecule has 1 aromatic carbocycles. The van der Waals surface area contributed by atoms with Crippen molar-refractivity contribution in [2.45, 2.75) is 24.4 Å². The lowest BCUT2D eigenvalue weighted by Crippen LogP contribution is -2.44. The molecule has 1 unspecified atom stereocenters. The highest BCUT2D eigenvalue weighted by Crippen LogP contribution is 2.15. The predicted octanol–water partition coefficient (Wildman–Crippen LogP) is 0.0394. The molecule has 6 nitrogen and oxygen atoms in total. The third kappa shape index (κ3) is 3.75. The Balaban J connectivity index is 3.03. The van der Waals surface area contributed by atoms with Crippen LogP contribution >= 0.6 is 0 Å². The van der Waals surface area contributed by atoms with Gasteiger partial charge in [-0.15, -0.1) is 0 Å². The standard InChI is InChI=1S/C12H18FN3O3S/c1-8(12(17)16(2)3)15-20(18,19)10-4-5-11(13)9(6-10)7-14/h4-6,8,15H,7,14H2,1-3H3. The van der Waals surface area contributed by atoms with E-state index in [-0.39, 0.29) is 22.9 Å². The summed E-state index contributed by atoms with van der Waals surface area (Å²) in [4.78, 5) is 12.8. The topological polar surface area (TPSA) is 92.5 Å². The summed E-state index contributed by atoms with van der Waals surface area (Å²) in [7, 11) is -0.856. The number of nitrogens with zero attached hydrogens (tertiary/aromatic N) is 1. The lowest BCUT2D eigenvalue weighted by molar-refractivity contribution is -0.130. The zero-order chi connectivity index (χ0) is 15.5. The Morgan fingerprint density at radius 1 is 1.45 bits per heavy atom. The highest BCUT2D eigenvalue weighted by Gasteiger charge is 2.23. The van der Waals surface area contributed by atoms with Crippen LogP contribution in [0.4, 0.5) is 4.39 Å². The van der Waals surface area contributed by atoms with Gasteiger partial charge in [-0.2, -0.15) is 4.72 Å². The Hall–Kier alpha value is -1.51. The number of benzene rings is 1. The Morgan fingerprint density at radius 3 is 2.55 bits per heavy atom. The molecule has 0 radical (unpaired) electrons. The first-order chi connectivity index (χ1) is 9.19. The van der Waals surface area contributed by atoms with E-state index in [9.17, 15) is 17.6 Å². The van der Waals surface area contributed by atoms with Gasteiger partial charge in [0, 0.05) is 26.2 Å². The molecule has 1 amide bonds. The number of carbonyl (C=O) groups is 1. The average molecular weight is 303 g/mol. The monoisotopic (exact) mass is 303 g/mol. The lowest BCUT2D eigenvalue weighted by Gasteiger charge is -2.18. The van der Waals surface area contributed by atoms with E-state index < -0.39 is 21.9 Å². The highest BCUT2D eigenvalue weighted by atomic mass is 32.2. The van der Waals surface area contributed by atoms with Gasteiger partial charge in [0.2, 0.25) is 15.9 Å². The maximum Gasteiger partial charge on any atom is 0.241 e. The van der Waals surface area contributed by atoms with E-state index in [1.54, 1.807) is 0 Å².